The van der Waals surface area contributed by atoms with E-state index in [2.05, 4.69) is 15.2 Å². The van der Waals surface area contributed by atoms with Gasteiger partial charge in [0.05, 0.1) is 0 Å². The van der Waals surface area contributed by atoms with Gasteiger partial charge < -0.3 is 4.90 Å². The van der Waals surface area contributed by atoms with E-state index < -0.39 is 0 Å². The van der Waals surface area contributed by atoms with Crippen molar-refractivity contribution >= 4 is 5.91 Å². The van der Waals surface area contributed by atoms with Crippen LogP contribution in [0.5, 0.6) is 0 Å². The number of rotatable bonds is 5. The largest absolute Gasteiger partial charge is 0.329 e. The van der Waals surface area contributed by atoms with E-state index in [0.717, 1.165) is 18.4 Å². The van der Waals surface area contributed by atoms with Crippen LogP contribution in [0.1, 0.15) is 41.8 Å². The molecular formula is C15H17FN4O. The van der Waals surface area contributed by atoms with Crippen molar-refractivity contribution in [3.05, 3.63) is 47.3 Å². The Labute approximate surface area is 122 Å². The summed E-state index contributed by atoms with van der Waals surface area (Å²) < 4.78 is 13.3. The summed E-state index contributed by atoms with van der Waals surface area (Å²) in [7, 11) is 0. The monoisotopic (exact) mass is 288 g/mol. The molecule has 1 aliphatic rings. The molecule has 21 heavy (non-hydrogen) atoms. The van der Waals surface area contributed by atoms with Gasteiger partial charge in [0.15, 0.2) is 0 Å². The minimum absolute atomic E-state index is 0.190. The molecule has 1 amide bonds. The van der Waals surface area contributed by atoms with E-state index in [1.807, 2.05) is 13.0 Å². The quantitative estimate of drug-likeness (QED) is 0.918. The molecule has 0 aliphatic heterocycles. The van der Waals surface area contributed by atoms with E-state index in [1.54, 1.807) is 11.0 Å². The third-order valence-corrected chi connectivity index (χ3v) is 3.55. The molecule has 2 aromatic rings. The second-order valence-corrected chi connectivity index (χ2v) is 5.25. The highest BCUT2D eigenvalue weighted by atomic mass is 19.1. The summed E-state index contributed by atoms with van der Waals surface area (Å²) in [6.07, 6.45) is 2.66. The Morgan fingerprint density at radius 2 is 2.29 bits per heavy atom. The van der Waals surface area contributed by atoms with Gasteiger partial charge in [0.25, 0.3) is 5.91 Å². The predicted molar refractivity (Wildman–Crippen MR) is 75.1 cm³/mol. The van der Waals surface area contributed by atoms with Crippen molar-refractivity contribution < 1.29 is 9.18 Å². The second-order valence-electron chi connectivity index (χ2n) is 5.25. The van der Waals surface area contributed by atoms with E-state index in [-0.39, 0.29) is 23.6 Å². The summed E-state index contributed by atoms with van der Waals surface area (Å²) in [4.78, 5) is 18.5. The number of nitrogens with zero attached hydrogens (tertiary/aromatic N) is 3. The Morgan fingerprint density at radius 3 is 2.90 bits per heavy atom. The lowest BCUT2D eigenvalue weighted by Gasteiger charge is -2.21. The number of benzene rings is 1. The van der Waals surface area contributed by atoms with Crippen LogP contribution < -0.4 is 0 Å². The smallest absolute Gasteiger partial charge is 0.294 e. The Bertz CT molecular complexity index is 651. The van der Waals surface area contributed by atoms with Crippen LogP contribution in [0.3, 0.4) is 0 Å². The summed E-state index contributed by atoms with van der Waals surface area (Å²) >= 11 is 0. The third-order valence-electron chi connectivity index (χ3n) is 3.55. The SMILES string of the molecule is CCc1nc(C(=O)N(Cc2cccc(F)c2)C2CC2)n[nH]1. The highest BCUT2D eigenvalue weighted by molar-refractivity contribution is 5.90. The Morgan fingerprint density at radius 1 is 1.48 bits per heavy atom. The summed E-state index contributed by atoms with van der Waals surface area (Å²) in [5.74, 6) is 0.398. The van der Waals surface area contributed by atoms with Crippen LogP contribution in [0.25, 0.3) is 0 Å². The Balaban J connectivity index is 1.79. The van der Waals surface area contributed by atoms with Gasteiger partial charge in [-0.1, -0.05) is 19.1 Å². The summed E-state index contributed by atoms with van der Waals surface area (Å²) in [5, 5.41) is 6.73. The molecule has 3 rings (SSSR count). The molecule has 0 bridgehead atoms. The minimum Gasteiger partial charge on any atom is -0.329 e. The first-order valence-corrected chi connectivity index (χ1v) is 7.14. The van der Waals surface area contributed by atoms with E-state index in [9.17, 15) is 9.18 Å². The Hall–Kier alpha value is -2.24. The molecular weight excluding hydrogens is 271 g/mol. The van der Waals surface area contributed by atoms with Gasteiger partial charge in [-0.3, -0.25) is 9.89 Å². The van der Waals surface area contributed by atoms with Crippen molar-refractivity contribution in [3.63, 3.8) is 0 Å². The lowest BCUT2D eigenvalue weighted by atomic mass is 10.2. The fraction of sp³-hybridized carbons (Fsp3) is 0.400. The van der Waals surface area contributed by atoms with Crippen molar-refractivity contribution in [2.45, 2.75) is 38.8 Å². The molecule has 1 aromatic heterocycles. The molecule has 0 atom stereocenters. The molecule has 1 saturated carbocycles. The highest BCUT2D eigenvalue weighted by Crippen LogP contribution is 2.29. The van der Waals surface area contributed by atoms with Crippen LogP contribution in [-0.2, 0) is 13.0 Å². The number of halogens is 1. The van der Waals surface area contributed by atoms with Gasteiger partial charge in [-0.15, -0.1) is 5.10 Å². The molecule has 1 aromatic carbocycles. The molecule has 0 radical (unpaired) electrons. The lowest BCUT2D eigenvalue weighted by molar-refractivity contribution is 0.0717. The molecule has 0 spiro atoms. The summed E-state index contributed by atoms with van der Waals surface area (Å²) in [6.45, 7) is 2.33. The second kappa shape index (κ2) is 5.63. The van der Waals surface area contributed by atoms with Crippen molar-refractivity contribution in [2.75, 3.05) is 0 Å². The average molecular weight is 288 g/mol. The predicted octanol–water partition coefficient (Wildman–Crippen LogP) is 2.31. The number of hydrogen-bond acceptors (Lipinski definition) is 3. The number of nitrogens with one attached hydrogen (secondary N) is 1. The first-order chi connectivity index (χ1) is 10.2. The molecule has 1 N–H and O–H groups in total. The topological polar surface area (TPSA) is 61.9 Å². The van der Waals surface area contributed by atoms with Crippen molar-refractivity contribution in [2.24, 2.45) is 0 Å². The molecule has 5 nitrogen and oxygen atoms in total. The highest BCUT2D eigenvalue weighted by Gasteiger charge is 2.34. The zero-order valence-corrected chi connectivity index (χ0v) is 11.8. The maximum atomic E-state index is 13.3. The van der Waals surface area contributed by atoms with E-state index >= 15 is 0 Å². The van der Waals surface area contributed by atoms with Gasteiger partial charge in [0.1, 0.15) is 11.6 Å². The lowest BCUT2D eigenvalue weighted by Crippen LogP contribution is -2.33. The van der Waals surface area contributed by atoms with E-state index in [1.165, 1.54) is 12.1 Å². The normalized spacial score (nSPS) is 14.2. The standard InChI is InChI=1S/C15H17FN4O/c1-2-13-17-14(19-18-13)15(21)20(12-6-7-12)9-10-4-3-5-11(16)8-10/h3-5,8,12H,2,6-7,9H2,1H3,(H,17,18,19). The van der Waals surface area contributed by atoms with E-state index in [0.29, 0.717) is 18.8 Å². The first-order valence-electron chi connectivity index (χ1n) is 7.14. The molecule has 1 fully saturated rings. The number of amides is 1. The molecule has 1 heterocycles. The third kappa shape index (κ3) is 3.09. The number of aryl methyl sites for hydroxylation is 1. The fourth-order valence-corrected chi connectivity index (χ4v) is 2.26. The molecule has 6 heteroatoms. The number of H-pyrrole nitrogens is 1. The number of aromatic amines is 1. The van der Waals surface area contributed by atoms with Crippen LogP contribution >= 0.6 is 0 Å². The number of carbonyl (C=O) groups excluding carboxylic acids is 1. The maximum Gasteiger partial charge on any atom is 0.294 e. The van der Waals surface area contributed by atoms with Crippen LogP contribution in [0.15, 0.2) is 24.3 Å². The van der Waals surface area contributed by atoms with Gasteiger partial charge in [0, 0.05) is 19.0 Å². The number of hydrogen-bond donors (Lipinski definition) is 1. The number of aromatic nitrogens is 3. The van der Waals surface area contributed by atoms with Crippen molar-refractivity contribution in [1.29, 1.82) is 0 Å². The minimum atomic E-state index is -0.290. The van der Waals surface area contributed by atoms with E-state index in [4.69, 9.17) is 0 Å². The average Bonchev–Trinajstić information content (AvgIpc) is 3.20. The Kier molecular flexibility index (Phi) is 3.68. The van der Waals surface area contributed by atoms with Crippen LogP contribution in [-0.4, -0.2) is 32.0 Å². The van der Waals surface area contributed by atoms with Crippen LogP contribution in [0.2, 0.25) is 0 Å². The van der Waals surface area contributed by atoms with Crippen LogP contribution in [0, 0.1) is 5.82 Å². The van der Waals surface area contributed by atoms with Gasteiger partial charge in [-0.25, -0.2) is 9.37 Å². The molecule has 0 unspecified atom stereocenters. The summed E-state index contributed by atoms with van der Waals surface area (Å²) in [5.41, 5.74) is 0.779. The number of carbonyl (C=O) groups is 1. The van der Waals surface area contributed by atoms with Crippen molar-refractivity contribution in [1.82, 2.24) is 20.1 Å². The zero-order chi connectivity index (χ0) is 14.8. The van der Waals surface area contributed by atoms with Crippen molar-refractivity contribution in [3.8, 4) is 0 Å². The van der Waals surface area contributed by atoms with Gasteiger partial charge in [-0.2, -0.15) is 0 Å². The molecule has 110 valence electrons. The zero-order valence-electron chi connectivity index (χ0n) is 11.8. The van der Waals surface area contributed by atoms with Crippen LogP contribution in [0.4, 0.5) is 4.39 Å². The van der Waals surface area contributed by atoms with Gasteiger partial charge >= 0.3 is 0 Å². The fourth-order valence-electron chi connectivity index (χ4n) is 2.26. The maximum absolute atomic E-state index is 13.3. The molecule has 0 saturated heterocycles. The molecule has 1 aliphatic carbocycles. The van der Waals surface area contributed by atoms with Gasteiger partial charge in [-0.05, 0) is 30.5 Å². The summed E-state index contributed by atoms with van der Waals surface area (Å²) in [6, 6.07) is 6.54. The van der Waals surface area contributed by atoms with Gasteiger partial charge in [0.2, 0.25) is 5.82 Å². The first kappa shape index (κ1) is 13.7.